The van der Waals surface area contributed by atoms with E-state index in [9.17, 15) is 9.59 Å². The summed E-state index contributed by atoms with van der Waals surface area (Å²) < 4.78 is 13.2. The van der Waals surface area contributed by atoms with E-state index in [1.165, 1.54) is 11.8 Å². The van der Waals surface area contributed by atoms with Crippen LogP contribution in [0.4, 0.5) is 0 Å². The van der Waals surface area contributed by atoms with Gasteiger partial charge in [0, 0.05) is 6.54 Å². The molecular formula is C22H23N3O4S. The third kappa shape index (κ3) is 4.43. The van der Waals surface area contributed by atoms with Crippen molar-refractivity contribution < 1.29 is 14.3 Å². The second-order valence-electron chi connectivity index (χ2n) is 6.96. The van der Waals surface area contributed by atoms with Gasteiger partial charge in [-0.3, -0.25) is 14.2 Å². The lowest BCUT2D eigenvalue weighted by Gasteiger charge is -2.26. The maximum Gasteiger partial charge on any atom is 0.262 e. The molecule has 0 spiro atoms. The van der Waals surface area contributed by atoms with Gasteiger partial charge in [0.15, 0.2) is 16.7 Å². The summed E-state index contributed by atoms with van der Waals surface area (Å²) in [5, 5.41) is 4.03. The number of thioether (sulfide) groups is 1. The van der Waals surface area contributed by atoms with E-state index in [1.807, 2.05) is 49.4 Å². The molecule has 0 fully saturated rings. The third-order valence-electron chi connectivity index (χ3n) is 4.70. The molecule has 30 heavy (non-hydrogen) atoms. The highest BCUT2D eigenvalue weighted by Gasteiger charge is 2.21. The van der Waals surface area contributed by atoms with Gasteiger partial charge in [-0.1, -0.05) is 43.0 Å². The molecule has 1 N–H and O–H groups in total. The Hall–Kier alpha value is -3.00. The predicted octanol–water partition coefficient (Wildman–Crippen LogP) is 2.85. The summed E-state index contributed by atoms with van der Waals surface area (Å²) in [5.41, 5.74) is 0.570. The normalized spacial score (nSPS) is 15.2. The highest BCUT2D eigenvalue weighted by Crippen LogP contribution is 2.30. The van der Waals surface area contributed by atoms with Crippen LogP contribution in [-0.2, 0) is 11.3 Å². The predicted molar refractivity (Wildman–Crippen MR) is 116 cm³/mol. The Labute approximate surface area is 178 Å². The number of benzene rings is 2. The molecule has 2 aromatic carbocycles. The molecule has 0 radical (unpaired) electrons. The number of hydrogen-bond acceptors (Lipinski definition) is 6. The highest BCUT2D eigenvalue weighted by molar-refractivity contribution is 7.99. The zero-order valence-corrected chi connectivity index (χ0v) is 17.5. The molecule has 2 heterocycles. The van der Waals surface area contributed by atoms with Crippen molar-refractivity contribution in [2.24, 2.45) is 0 Å². The van der Waals surface area contributed by atoms with Crippen LogP contribution < -0.4 is 20.3 Å². The van der Waals surface area contributed by atoms with E-state index in [4.69, 9.17) is 9.47 Å². The van der Waals surface area contributed by atoms with Crippen molar-refractivity contribution in [3.05, 3.63) is 58.9 Å². The van der Waals surface area contributed by atoms with E-state index in [0.717, 1.165) is 6.42 Å². The summed E-state index contributed by atoms with van der Waals surface area (Å²) in [5.74, 6) is 1.42. The monoisotopic (exact) mass is 425 g/mol. The smallest absolute Gasteiger partial charge is 0.262 e. The van der Waals surface area contributed by atoms with E-state index in [-0.39, 0.29) is 23.3 Å². The number of aromatic nitrogens is 2. The summed E-state index contributed by atoms with van der Waals surface area (Å²) in [6.07, 6.45) is 0.561. The first kappa shape index (κ1) is 20.3. The van der Waals surface area contributed by atoms with Crippen molar-refractivity contribution in [3.63, 3.8) is 0 Å². The van der Waals surface area contributed by atoms with Crippen molar-refractivity contribution in [1.29, 1.82) is 0 Å². The quantitative estimate of drug-likeness (QED) is 0.463. The summed E-state index contributed by atoms with van der Waals surface area (Å²) in [6, 6.07) is 14.7. The fourth-order valence-corrected chi connectivity index (χ4v) is 4.11. The van der Waals surface area contributed by atoms with Crippen molar-refractivity contribution in [1.82, 2.24) is 14.9 Å². The fourth-order valence-electron chi connectivity index (χ4n) is 3.25. The number of carbonyl (C=O) groups excluding carboxylic acids is 1. The van der Waals surface area contributed by atoms with Crippen LogP contribution in [0.15, 0.2) is 58.5 Å². The van der Waals surface area contributed by atoms with E-state index in [0.29, 0.717) is 47.3 Å². The number of amides is 1. The average molecular weight is 426 g/mol. The Morgan fingerprint density at radius 1 is 1.20 bits per heavy atom. The average Bonchev–Trinajstić information content (AvgIpc) is 2.78. The lowest BCUT2D eigenvalue weighted by molar-refractivity contribution is -0.119. The molecule has 156 valence electrons. The first-order chi connectivity index (χ1) is 14.7. The summed E-state index contributed by atoms with van der Waals surface area (Å²) >= 11 is 1.27. The van der Waals surface area contributed by atoms with Gasteiger partial charge in [0.25, 0.3) is 5.56 Å². The number of carbonyl (C=O) groups is 1. The number of rotatable bonds is 7. The fraction of sp³-hybridized carbons (Fsp3) is 0.318. The molecule has 0 aliphatic carbocycles. The van der Waals surface area contributed by atoms with Crippen LogP contribution in [0.3, 0.4) is 0 Å². The number of hydrogen-bond donors (Lipinski definition) is 1. The Balaban J connectivity index is 1.37. The van der Waals surface area contributed by atoms with E-state index in [2.05, 4.69) is 10.3 Å². The molecular weight excluding hydrogens is 402 g/mol. The first-order valence-electron chi connectivity index (χ1n) is 9.93. The minimum atomic E-state index is -0.245. The number of nitrogens with zero attached hydrogens (tertiary/aromatic N) is 2. The van der Waals surface area contributed by atoms with Crippen molar-refractivity contribution in [2.75, 3.05) is 18.9 Å². The van der Waals surface area contributed by atoms with E-state index in [1.54, 1.807) is 10.6 Å². The van der Waals surface area contributed by atoms with Crippen molar-refractivity contribution >= 4 is 28.6 Å². The van der Waals surface area contributed by atoms with Gasteiger partial charge >= 0.3 is 0 Å². The van der Waals surface area contributed by atoms with Crippen molar-refractivity contribution in [2.45, 2.75) is 31.1 Å². The van der Waals surface area contributed by atoms with Crippen LogP contribution >= 0.6 is 11.8 Å². The molecule has 1 aliphatic heterocycles. The number of ether oxygens (including phenoxy) is 2. The van der Waals surface area contributed by atoms with Gasteiger partial charge < -0.3 is 14.8 Å². The Kier molecular flexibility index (Phi) is 6.23. The van der Waals surface area contributed by atoms with Crippen LogP contribution in [0.5, 0.6) is 11.5 Å². The molecule has 7 nitrogen and oxygen atoms in total. The Morgan fingerprint density at radius 3 is 2.80 bits per heavy atom. The Morgan fingerprint density at radius 2 is 1.97 bits per heavy atom. The van der Waals surface area contributed by atoms with Crippen LogP contribution in [0.1, 0.15) is 13.3 Å². The molecule has 0 saturated carbocycles. The van der Waals surface area contributed by atoms with Gasteiger partial charge in [0.1, 0.15) is 12.7 Å². The summed E-state index contributed by atoms with van der Waals surface area (Å²) in [6.45, 7) is 3.30. The summed E-state index contributed by atoms with van der Waals surface area (Å²) in [7, 11) is 0. The summed E-state index contributed by atoms with van der Waals surface area (Å²) in [4.78, 5) is 29.8. The Bertz CT molecular complexity index is 1110. The van der Waals surface area contributed by atoms with E-state index < -0.39 is 0 Å². The van der Waals surface area contributed by atoms with Gasteiger partial charge in [0.05, 0.1) is 23.2 Å². The minimum absolute atomic E-state index is 0.0724. The van der Waals surface area contributed by atoms with Crippen LogP contribution in [-0.4, -0.2) is 40.5 Å². The third-order valence-corrected chi connectivity index (χ3v) is 5.68. The molecule has 8 heteroatoms. The van der Waals surface area contributed by atoms with Gasteiger partial charge in [-0.25, -0.2) is 4.98 Å². The van der Waals surface area contributed by atoms with Crippen molar-refractivity contribution in [3.8, 4) is 11.5 Å². The lowest BCUT2D eigenvalue weighted by Crippen LogP contribution is -2.41. The molecule has 1 atom stereocenters. The number of para-hydroxylation sites is 3. The standard InChI is InChI=1S/C22H23N3O4S/c1-2-11-25-21(27)16-7-3-4-8-17(16)24-22(25)30-14-20(26)23-12-15-13-28-18-9-5-6-10-19(18)29-15/h3-10,15H,2,11-14H2,1H3,(H,23,26). The number of nitrogens with one attached hydrogen (secondary N) is 1. The number of fused-ring (bicyclic) bond motifs is 2. The van der Waals surface area contributed by atoms with Gasteiger partial charge in [-0.2, -0.15) is 0 Å². The molecule has 1 unspecified atom stereocenters. The topological polar surface area (TPSA) is 82.5 Å². The molecule has 0 saturated heterocycles. The molecule has 1 aromatic heterocycles. The SMILES string of the molecule is CCCn1c(SCC(=O)NCC2COc3ccccc3O2)nc2ccccc2c1=O. The molecule has 3 aromatic rings. The van der Waals surface area contributed by atoms with Crippen LogP contribution in [0.2, 0.25) is 0 Å². The molecule has 1 aliphatic rings. The van der Waals surface area contributed by atoms with Gasteiger partial charge in [-0.15, -0.1) is 0 Å². The maximum atomic E-state index is 12.8. The molecule has 1 amide bonds. The molecule has 0 bridgehead atoms. The minimum Gasteiger partial charge on any atom is -0.486 e. The van der Waals surface area contributed by atoms with Crippen LogP contribution in [0.25, 0.3) is 10.9 Å². The van der Waals surface area contributed by atoms with Gasteiger partial charge in [0.2, 0.25) is 5.91 Å². The maximum absolute atomic E-state index is 12.8. The zero-order valence-electron chi connectivity index (χ0n) is 16.7. The van der Waals surface area contributed by atoms with Crippen LogP contribution in [0, 0.1) is 0 Å². The first-order valence-corrected chi connectivity index (χ1v) is 10.9. The largest absolute Gasteiger partial charge is 0.486 e. The molecule has 4 rings (SSSR count). The lowest BCUT2D eigenvalue weighted by atomic mass is 10.2. The highest BCUT2D eigenvalue weighted by atomic mass is 32.2. The van der Waals surface area contributed by atoms with Gasteiger partial charge in [-0.05, 0) is 30.7 Å². The second kappa shape index (κ2) is 9.21. The zero-order chi connectivity index (χ0) is 20.9. The van der Waals surface area contributed by atoms with E-state index >= 15 is 0 Å². The second-order valence-corrected chi connectivity index (χ2v) is 7.90.